The molecule has 0 amide bonds. The molecule has 0 radical (unpaired) electrons. The van der Waals surface area contributed by atoms with Gasteiger partial charge in [0.15, 0.2) is 0 Å². The van der Waals surface area contributed by atoms with E-state index >= 15 is 0 Å². The van der Waals surface area contributed by atoms with Gasteiger partial charge in [-0.05, 0) is 193 Å². The number of anilines is 6. The van der Waals surface area contributed by atoms with E-state index in [4.69, 9.17) is 8.83 Å². The number of furan rings is 2. The zero-order chi connectivity index (χ0) is 53.1. The van der Waals surface area contributed by atoms with Crippen molar-refractivity contribution < 1.29 is 8.83 Å². The molecule has 2 aromatic heterocycles. The molecule has 0 aliphatic heterocycles. The number of nitrogens with zero attached hydrogens (tertiary/aromatic N) is 2. The van der Waals surface area contributed by atoms with E-state index in [2.05, 4.69) is 306 Å². The molecule has 0 bridgehead atoms. The van der Waals surface area contributed by atoms with Crippen LogP contribution in [0.25, 0.3) is 88.4 Å². The second-order valence-corrected chi connectivity index (χ2v) is 22.7. The summed E-state index contributed by atoms with van der Waals surface area (Å²) in [4.78, 5) is 4.69. The van der Waals surface area contributed by atoms with E-state index in [9.17, 15) is 0 Å². The lowest BCUT2D eigenvalue weighted by atomic mass is 9.87. The largest absolute Gasteiger partial charge is 0.456 e. The fourth-order valence-corrected chi connectivity index (χ4v) is 11.0. The Morgan fingerprint density at radius 1 is 0.256 bits per heavy atom. The molecular formula is C74H60N2O2. The summed E-state index contributed by atoms with van der Waals surface area (Å²) in [6.45, 7) is 13.6. The summed E-state index contributed by atoms with van der Waals surface area (Å²) in [6, 6.07) is 91.8. The Kier molecular flexibility index (Phi) is 12.0. The van der Waals surface area contributed by atoms with E-state index in [0.29, 0.717) is 0 Å². The SMILES string of the molecule is CC(C)(C)c1ccc(N(c2ccc(-c3ccccc3)cc2)c2ccc3cc(-c4cc5c(ccc6c7cc(-c8ccc(N(c9ccc(-c%10ccccc%10)cc9)c9cccc(C(C)(C)C)c9)cc8)oc7ccc56)o4)ccc3c2)cc1. The van der Waals surface area contributed by atoms with Gasteiger partial charge >= 0.3 is 0 Å². The smallest absolute Gasteiger partial charge is 0.135 e. The zero-order valence-corrected chi connectivity index (χ0v) is 45.0. The van der Waals surface area contributed by atoms with Crippen LogP contribution >= 0.6 is 0 Å². The first-order chi connectivity index (χ1) is 37.9. The highest BCUT2D eigenvalue weighted by Gasteiger charge is 2.21. The fourth-order valence-electron chi connectivity index (χ4n) is 11.0. The van der Waals surface area contributed by atoms with Crippen LogP contribution in [-0.4, -0.2) is 0 Å². The van der Waals surface area contributed by atoms with Gasteiger partial charge in [-0.1, -0.05) is 169 Å². The Hall–Kier alpha value is -9.38. The molecule has 0 aliphatic rings. The number of benzene rings is 11. The third kappa shape index (κ3) is 9.20. The minimum atomic E-state index is 0.00630. The van der Waals surface area contributed by atoms with E-state index in [1.807, 2.05) is 0 Å². The molecule has 0 saturated carbocycles. The topological polar surface area (TPSA) is 32.8 Å². The maximum absolute atomic E-state index is 6.66. The highest BCUT2D eigenvalue weighted by atomic mass is 16.3. The lowest BCUT2D eigenvalue weighted by Crippen LogP contribution is -2.14. The van der Waals surface area contributed by atoms with E-state index < -0.39 is 0 Å². The molecule has 11 aromatic carbocycles. The zero-order valence-electron chi connectivity index (χ0n) is 45.0. The molecule has 13 aromatic rings. The van der Waals surface area contributed by atoms with Crippen LogP contribution in [0.5, 0.6) is 0 Å². The van der Waals surface area contributed by atoms with E-state index in [1.165, 1.54) is 33.4 Å². The monoisotopic (exact) mass is 1010 g/mol. The Balaban J connectivity index is 0.798. The first-order valence-corrected chi connectivity index (χ1v) is 27.0. The van der Waals surface area contributed by atoms with Crippen molar-refractivity contribution in [2.45, 2.75) is 52.4 Å². The lowest BCUT2D eigenvalue weighted by molar-refractivity contribution is 0.590. The second kappa shape index (κ2) is 19.3. The molecule has 378 valence electrons. The van der Waals surface area contributed by atoms with Crippen LogP contribution in [-0.2, 0) is 10.8 Å². The van der Waals surface area contributed by atoms with E-state index in [1.54, 1.807) is 0 Å². The van der Waals surface area contributed by atoms with E-state index in [-0.39, 0.29) is 10.8 Å². The molecule has 0 fully saturated rings. The average Bonchev–Trinajstić information content (AvgIpc) is 4.22. The maximum atomic E-state index is 6.66. The normalized spacial score (nSPS) is 12.0. The minimum absolute atomic E-state index is 0.00630. The molecule has 78 heavy (non-hydrogen) atoms. The standard InChI is InChI=1S/C74H60N2O2/c1-73(2,3)57-29-38-62(39-30-57)76(60-33-24-52(25-34-60)50-16-11-8-12-17-50)64-37-28-54-44-56(21-20-55(54)45-64)72-48-68-66-40-42-69-67(65(66)41-43-70(68)78-72)47-71(77-69)53-26-35-61(36-27-53)75(63-19-13-18-58(46-63)74(4,5)6)59-31-22-51(23-32-59)49-14-9-7-10-15-49/h7-48H,1-6H3. The summed E-state index contributed by atoms with van der Waals surface area (Å²) < 4.78 is 13.3. The molecule has 0 spiro atoms. The average molecular weight is 1010 g/mol. The van der Waals surface area contributed by atoms with Gasteiger partial charge in [0.1, 0.15) is 22.7 Å². The van der Waals surface area contributed by atoms with Crippen molar-refractivity contribution in [1.82, 2.24) is 0 Å². The van der Waals surface area contributed by atoms with Crippen LogP contribution in [0, 0.1) is 0 Å². The van der Waals surface area contributed by atoms with Crippen LogP contribution in [0.15, 0.2) is 264 Å². The predicted molar refractivity (Wildman–Crippen MR) is 330 cm³/mol. The second-order valence-electron chi connectivity index (χ2n) is 22.7. The fraction of sp³-hybridized carbons (Fsp3) is 0.108. The van der Waals surface area contributed by atoms with Crippen molar-refractivity contribution in [1.29, 1.82) is 0 Å². The molecule has 2 heterocycles. The molecular weight excluding hydrogens is 949 g/mol. The van der Waals surface area contributed by atoms with Crippen molar-refractivity contribution in [2.24, 2.45) is 0 Å². The van der Waals surface area contributed by atoms with Crippen molar-refractivity contribution >= 4 is 77.6 Å². The van der Waals surface area contributed by atoms with E-state index in [0.717, 1.165) is 100 Å². The minimum Gasteiger partial charge on any atom is -0.456 e. The first kappa shape index (κ1) is 48.3. The van der Waals surface area contributed by atoms with Crippen LogP contribution in [0.1, 0.15) is 52.7 Å². The molecule has 13 rings (SSSR count). The molecule has 0 atom stereocenters. The molecule has 0 saturated heterocycles. The van der Waals surface area contributed by atoms with Gasteiger partial charge in [0.25, 0.3) is 0 Å². The van der Waals surface area contributed by atoms with Gasteiger partial charge in [0, 0.05) is 56.0 Å². The number of rotatable bonds is 10. The van der Waals surface area contributed by atoms with Crippen LogP contribution in [0.3, 0.4) is 0 Å². The summed E-state index contributed by atoms with van der Waals surface area (Å²) in [5, 5.41) is 6.70. The summed E-state index contributed by atoms with van der Waals surface area (Å²) in [6.07, 6.45) is 0. The van der Waals surface area contributed by atoms with Crippen molar-refractivity contribution in [3.05, 3.63) is 266 Å². The number of hydrogen-bond acceptors (Lipinski definition) is 4. The lowest BCUT2D eigenvalue weighted by Gasteiger charge is -2.28. The van der Waals surface area contributed by atoms with Gasteiger partial charge in [-0.3, -0.25) is 0 Å². The summed E-state index contributed by atoms with van der Waals surface area (Å²) in [5.74, 6) is 1.66. The third-order valence-corrected chi connectivity index (χ3v) is 15.4. The number of fused-ring (bicyclic) bond motifs is 6. The molecule has 4 heteroatoms. The van der Waals surface area contributed by atoms with Gasteiger partial charge in [-0.2, -0.15) is 0 Å². The molecule has 0 aliphatic carbocycles. The molecule has 4 nitrogen and oxygen atoms in total. The molecule has 0 N–H and O–H groups in total. The highest BCUT2D eigenvalue weighted by Crippen LogP contribution is 2.43. The number of hydrogen-bond donors (Lipinski definition) is 0. The third-order valence-electron chi connectivity index (χ3n) is 15.4. The van der Waals surface area contributed by atoms with Gasteiger partial charge in [0.05, 0.1) is 0 Å². The van der Waals surface area contributed by atoms with Crippen molar-refractivity contribution in [3.8, 4) is 44.9 Å². The van der Waals surface area contributed by atoms with Crippen LogP contribution in [0.2, 0.25) is 0 Å². The van der Waals surface area contributed by atoms with Crippen LogP contribution < -0.4 is 9.80 Å². The quantitative estimate of drug-likeness (QED) is 0.137. The van der Waals surface area contributed by atoms with Gasteiger partial charge in [-0.25, -0.2) is 0 Å². The Morgan fingerprint density at radius 2 is 0.654 bits per heavy atom. The Bertz CT molecular complexity index is 4290. The maximum Gasteiger partial charge on any atom is 0.135 e. The summed E-state index contributed by atoms with van der Waals surface area (Å²) >= 11 is 0. The Morgan fingerprint density at radius 3 is 1.15 bits per heavy atom. The predicted octanol–water partition coefficient (Wildman–Crippen LogP) is 21.7. The Labute approximate surface area is 457 Å². The summed E-state index contributed by atoms with van der Waals surface area (Å²) in [5.41, 5.74) is 17.8. The van der Waals surface area contributed by atoms with Gasteiger partial charge in [-0.15, -0.1) is 0 Å². The summed E-state index contributed by atoms with van der Waals surface area (Å²) in [7, 11) is 0. The first-order valence-electron chi connectivity index (χ1n) is 27.0. The van der Waals surface area contributed by atoms with Crippen LogP contribution in [0.4, 0.5) is 34.1 Å². The van der Waals surface area contributed by atoms with Gasteiger partial charge < -0.3 is 18.6 Å². The van der Waals surface area contributed by atoms with Gasteiger partial charge in [0.2, 0.25) is 0 Å². The highest BCUT2D eigenvalue weighted by molar-refractivity contribution is 6.17. The van der Waals surface area contributed by atoms with Crippen molar-refractivity contribution in [2.75, 3.05) is 9.80 Å². The van der Waals surface area contributed by atoms with Crippen molar-refractivity contribution in [3.63, 3.8) is 0 Å². The molecule has 0 unspecified atom stereocenters.